The van der Waals surface area contributed by atoms with E-state index in [4.69, 9.17) is 0 Å². The van der Waals surface area contributed by atoms with Gasteiger partial charge in [0, 0.05) is 31.5 Å². The van der Waals surface area contributed by atoms with Crippen molar-refractivity contribution in [3.8, 4) is 0 Å². The first-order chi connectivity index (χ1) is 9.60. The maximum absolute atomic E-state index is 3.62. The smallest absolute Gasteiger partial charge is 0.0297 e. The number of benzene rings is 1. The Morgan fingerprint density at radius 1 is 1.20 bits per heavy atom. The Bertz CT molecular complexity index is 554. The van der Waals surface area contributed by atoms with Crippen LogP contribution in [0.5, 0.6) is 0 Å². The lowest BCUT2D eigenvalue weighted by molar-refractivity contribution is 0.570. The Balaban J connectivity index is 1.95. The summed E-state index contributed by atoms with van der Waals surface area (Å²) in [6, 6.07) is 9.27. The molecule has 0 aliphatic rings. The SMILES string of the molecule is CCCn1ccc(CNC(C)c2ccc(C)cc2C)c1. The van der Waals surface area contributed by atoms with Crippen LogP contribution in [0, 0.1) is 13.8 Å². The maximum atomic E-state index is 3.62. The normalized spacial score (nSPS) is 12.6. The minimum Gasteiger partial charge on any atom is -0.354 e. The van der Waals surface area contributed by atoms with Crippen molar-refractivity contribution in [1.82, 2.24) is 9.88 Å². The first-order valence-electron chi connectivity index (χ1n) is 7.55. The predicted molar refractivity (Wildman–Crippen MR) is 85.9 cm³/mol. The molecule has 1 unspecified atom stereocenters. The van der Waals surface area contributed by atoms with Crippen molar-refractivity contribution in [1.29, 1.82) is 0 Å². The van der Waals surface area contributed by atoms with E-state index in [1.54, 1.807) is 0 Å². The molecule has 20 heavy (non-hydrogen) atoms. The van der Waals surface area contributed by atoms with Gasteiger partial charge in [-0.15, -0.1) is 0 Å². The van der Waals surface area contributed by atoms with Gasteiger partial charge in [0.15, 0.2) is 0 Å². The van der Waals surface area contributed by atoms with Gasteiger partial charge >= 0.3 is 0 Å². The molecular formula is C18H26N2. The van der Waals surface area contributed by atoms with Crippen LogP contribution in [0.1, 0.15) is 48.6 Å². The van der Waals surface area contributed by atoms with Gasteiger partial charge in [-0.25, -0.2) is 0 Å². The zero-order valence-electron chi connectivity index (χ0n) is 13.1. The van der Waals surface area contributed by atoms with Gasteiger partial charge in [0.05, 0.1) is 0 Å². The molecule has 0 saturated carbocycles. The lowest BCUT2D eigenvalue weighted by atomic mass is 10.0. The summed E-state index contributed by atoms with van der Waals surface area (Å²) in [5, 5.41) is 3.62. The third-order valence-electron chi connectivity index (χ3n) is 3.80. The summed E-state index contributed by atoms with van der Waals surface area (Å²) in [6.07, 6.45) is 5.59. The number of hydrogen-bond acceptors (Lipinski definition) is 1. The van der Waals surface area contributed by atoms with Gasteiger partial charge in [0.25, 0.3) is 0 Å². The highest BCUT2D eigenvalue weighted by Gasteiger charge is 2.08. The van der Waals surface area contributed by atoms with Crippen LogP contribution in [0.2, 0.25) is 0 Å². The average Bonchev–Trinajstić information content (AvgIpc) is 2.84. The third kappa shape index (κ3) is 3.73. The average molecular weight is 270 g/mol. The molecule has 0 amide bonds. The highest BCUT2D eigenvalue weighted by molar-refractivity contribution is 5.32. The fraction of sp³-hybridized carbons (Fsp3) is 0.444. The zero-order chi connectivity index (χ0) is 14.5. The molecule has 1 aromatic carbocycles. The molecule has 0 bridgehead atoms. The van der Waals surface area contributed by atoms with Crippen LogP contribution in [0.3, 0.4) is 0 Å². The standard InChI is InChI=1S/C18H26N2/c1-5-9-20-10-8-17(13-20)12-19-16(4)18-7-6-14(2)11-15(18)3/h6-8,10-11,13,16,19H,5,9,12H2,1-4H3. The van der Waals surface area contributed by atoms with Crippen LogP contribution in [0.4, 0.5) is 0 Å². The van der Waals surface area contributed by atoms with E-state index in [9.17, 15) is 0 Å². The molecule has 2 nitrogen and oxygen atoms in total. The third-order valence-corrected chi connectivity index (χ3v) is 3.80. The van der Waals surface area contributed by atoms with E-state index in [1.165, 1.54) is 28.7 Å². The molecule has 108 valence electrons. The number of aryl methyl sites for hydroxylation is 3. The second kappa shape index (κ2) is 6.76. The van der Waals surface area contributed by atoms with Gasteiger partial charge in [0.2, 0.25) is 0 Å². The van der Waals surface area contributed by atoms with Crippen LogP contribution < -0.4 is 5.32 Å². The summed E-state index contributed by atoms with van der Waals surface area (Å²) in [4.78, 5) is 0. The topological polar surface area (TPSA) is 17.0 Å². The van der Waals surface area contributed by atoms with Crippen LogP contribution in [-0.2, 0) is 13.1 Å². The van der Waals surface area contributed by atoms with Crippen molar-refractivity contribution in [2.24, 2.45) is 0 Å². The Morgan fingerprint density at radius 2 is 2.00 bits per heavy atom. The molecule has 1 atom stereocenters. The fourth-order valence-corrected chi connectivity index (χ4v) is 2.68. The molecule has 0 saturated heterocycles. The quantitative estimate of drug-likeness (QED) is 0.825. The monoisotopic (exact) mass is 270 g/mol. The molecular weight excluding hydrogens is 244 g/mol. The molecule has 2 heteroatoms. The van der Waals surface area contributed by atoms with Crippen molar-refractivity contribution >= 4 is 0 Å². The summed E-state index contributed by atoms with van der Waals surface area (Å²) in [7, 11) is 0. The van der Waals surface area contributed by atoms with E-state index in [2.05, 4.69) is 74.2 Å². The zero-order valence-corrected chi connectivity index (χ0v) is 13.1. The van der Waals surface area contributed by atoms with Crippen molar-refractivity contribution in [3.63, 3.8) is 0 Å². The van der Waals surface area contributed by atoms with Crippen LogP contribution in [0.25, 0.3) is 0 Å². The van der Waals surface area contributed by atoms with Crippen LogP contribution >= 0.6 is 0 Å². The molecule has 1 aromatic heterocycles. The summed E-state index contributed by atoms with van der Waals surface area (Å²) in [6.45, 7) is 10.8. The van der Waals surface area contributed by atoms with E-state index < -0.39 is 0 Å². The molecule has 1 N–H and O–H groups in total. The number of hydrogen-bond donors (Lipinski definition) is 1. The molecule has 2 rings (SSSR count). The van der Waals surface area contributed by atoms with Gasteiger partial charge in [-0.3, -0.25) is 0 Å². The Kier molecular flexibility index (Phi) is 5.02. The minimum atomic E-state index is 0.380. The number of nitrogens with one attached hydrogen (secondary N) is 1. The number of aromatic nitrogens is 1. The summed E-state index contributed by atoms with van der Waals surface area (Å²) in [5.74, 6) is 0. The lowest BCUT2D eigenvalue weighted by Gasteiger charge is -2.16. The lowest BCUT2D eigenvalue weighted by Crippen LogP contribution is -2.18. The van der Waals surface area contributed by atoms with E-state index in [1.807, 2.05) is 0 Å². The minimum absolute atomic E-state index is 0.380. The van der Waals surface area contributed by atoms with E-state index in [-0.39, 0.29) is 0 Å². The van der Waals surface area contributed by atoms with E-state index in [0.717, 1.165) is 13.1 Å². The maximum Gasteiger partial charge on any atom is 0.0297 e. The van der Waals surface area contributed by atoms with Crippen molar-refractivity contribution in [3.05, 3.63) is 58.9 Å². The molecule has 0 radical (unpaired) electrons. The van der Waals surface area contributed by atoms with Crippen molar-refractivity contribution in [2.45, 2.75) is 53.2 Å². The van der Waals surface area contributed by atoms with Gasteiger partial charge in [-0.05, 0) is 49.9 Å². The molecule has 0 aliphatic heterocycles. The highest BCUT2D eigenvalue weighted by Crippen LogP contribution is 2.19. The Hall–Kier alpha value is -1.54. The number of rotatable bonds is 6. The van der Waals surface area contributed by atoms with Gasteiger partial charge < -0.3 is 9.88 Å². The van der Waals surface area contributed by atoms with Crippen LogP contribution in [-0.4, -0.2) is 4.57 Å². The van der Waals surface area contributed by atoms with Crippen molar-refractivity contribution < 1.29 is 0 Å². The molecule has 0 fully saturated rings. The first kappa shape index (κ1) is 14.9. The van der Waals surface area contributed by atoms with Crippen molar-refractivity contribution in [2.75, 3.05) is 0 Å². The summed E-state index contributed by atoms with van der Waals surface area (Å²) in [5.41, 5.74) is 5.45. The first-order valence-corrected chi connectivity index (χ1v) is 7.55. The van der Waals surface area contributed by atoms with Gasteiger partial charge in [-0.1, -0.05) is 30.7 Å². The predicted octanol–water partition coefficient (Wildman–Crippen LogP) is 4.37. The van der Waals surface area contributed by atoms with E-state index >= 15 is 0 Å². The summed E-state index contributed by atoms with van der Waals surface area (Å²) < 4.78 is 2.26. The molecule has 2 aromatic rings. The molecule has 1 heterocycles. The molecule has 0 aliphatic carbocycles. The molecule has 0 spiro atoms. The van der Waals surface area contributed by atoms with Gasteiger partial charge in [-0.2, -0.15) is 0 Å². The second-order valence-electron chi connectivity index (χ2n) is 5.72. The van der Waals surface area contributed by atoms with Gasteiger partial charge in [0.1, 0.15) is 0 Å². The van der Waals surface area contributed by atoms with Crippen LogP contribution in [0.15, 0.2) is 36.7 Å². The summed E-state index contributed by atoms with van der Waals surface area (Å²) >= 11 is 0. The fourth-order valence-electron chi connectivity index (χ4n) is 2.68. The Morgan fingerprint density at radius 3 is 2.70 bits per heavy atom. The Labute approximate surface area is 122 Å². The van der Waals surface area contributed by atoms with E-state index in [0.29, 0.717) is 6.04 Å². The second-order valence-corrected chi connectivity index (χ2v) is 5.72. The largest absolute Gasteiger partial charge is 0.354 e. The highest BCUT2D eigenvalue weighted by atomic mass is 14.9. The number of nitrogens with zero attached hydrogens (tertiary/aromatic N) is 1.